The number of fused-ring (bicyclic) bond motifs is 1. The molecule has 1 aliphatic rings. The van der Waals surface area contributed by atoms with E-state index in [-0.39, 0.29) is 6.04 Å². The smallest absolute Gasteiger partial charge is 0.162 e. The highest BCUT2D eigenvalue weighted by molar-refractivity contribution is 5.63. The second-order valence-corrected chi connectivity index (χ2v) is 5.31. The van der Waals surface area contributed by atoms with Crippen LogP contribution in [0.3, 0.4) is 0 Å². The zero-order valence-electron chi connectivity index (χ0n) is 11.7. The number of hydrogen-bond acceptors (Lipinski definition) is 4. The Bertz CT molecular complexity index is 607. The van der Waals surface area contributed by atoms with E-state index in [4.69, 9.17) is 15.2 Å². The van der Waals surface area contributed by atoms with Crippen molar-refractivity contribution >= 4 is 0 Å². The SMILES string of the molecule is CC(C)[C@@H](N)c1ncc(-c2ccc3c(c2)OCCO3)[nH]1. The van der Waals surface area contributed by atoms with Gasteiger partial charge in [0.25, 0.3) is 0 Å². The van der Waals surface area contributed by atoms with Gasteiger partial charge in [0.15, 0.2) is 11.5 Å². The molecule has 1 aromatic carbocycles. The molecule has 2 heterocycles. The van der Waals surface area contributed by atoms with Crippen LogP contribution >= 0.6 is 0 Å². The predicted octanol–water partition coefficient (Wildman–Crippen LogP) is 2.50. The Morgan fingerprint density at radius 2 is 1.95 bits per heavy atom. The fourth-order valence-electron chi connectivity index (χ4n) is 2.18. The molecule has 0 bridgehead atoms. The van der Waals surface area contributed by atoms with E-state index in [0.29, 0.717) is 19.1 Å². The number of aromatic nitrogens is 2. The van der Waals surface area contributed by atoms with Gasteiger partial charge in [0.1, 0.15) is 19.0 Å². The lowest BCUT2D eigenvalue weighted by Gasteiger charge is -2.18. The summed E-state index contributed by atoms with van der Waals surface area (Å²) in [4.78, 5) is 7.66. The summed E-state index contributed by atoms with van der Waals surface area (Å²) in [7, 11) is 0. The van der Waals surface area contributed by atoms with Crippen LogP contribution in [0.5, 0.6) is 11.5 Å². The minimum Gasteiger partial charge on any atom is -0.486 e. The van der Waals surface area contributed by atoms with Gasteiger partial charge in [-0.15, -0.1) is 0 Å². The molecule has 2 aromatic rings. The summed E-state index contributed by atoms with van der Waals surface area (Å²) in [6, 6.07) is 5.80. The number of nitrogens with zero attached hydrogens (tertiary/aromatic N) is 1. The molecule has 5 nitrogen and oxygen atoms in total. The van der Waals surface area contributed by atoms with E-state index < -0.39 is 0 Å². The number of H-pyrrole nitrogens is 1. The second-order valence-electron chi connectivity index (χ2n) is 5.31. The molecule has 5 heteroatoms. The molecule has 0 amide bonds. The monoisotopic (exact) mass is 273 g/mol. The van der Waals surface area contributed by atoms with Gasteiger partial charge in [-0.05, 0) is 24.1 Å². The zero-order chi connectivity index (χ0) is 14.1. The topological polar surface area (TPSA) is 73.2 Å². The maximum absolute atomic E-state index is 6.10. The minimum absolute atomic E-state index is 0.0824. The van der Waals surface area contributed by atoms with E-state index in [0.717, 1.165) is 28.6 Å². The van der Waals surface area contributed by atoms with Crippen molar-refractivity contribution in [2.24, 2.45) is 11.7 Å². The minimum atomic E-state index is -0.0824. The summed E-state index contributed by atoms with van der Waals surface area (Å²) >= 11 is 0. The molecule has 3 N–H and O–H groups in total. The number of nitrogens with one attached hydrogen (secondary N) is 1. The highest BCUT2D eigenvalue weighted by Crippen LogP contribution is 2.34. The molecule has 0 fully saturated rings. The molecule has 0 saturated heterocycles. The molecule has 0 saturated carbocycles. The Balaban J connectivity index is 1.89. The summed E-state index contributed by atoms with van der Waals surface area (Å²) in [5.74, 6) is 2.72. The average Bonchev–Trinajstić information content (AvgIpc) is 2.95. The van der Waals surface area contributed by atoms with Crippen LogP contribution < -0.4 is 15.2 Å². The lowest BCUT2D eigenvalue weighted by molar-refractivity contribution is 0.171. The number of ether oxygens (including phenoxy) is 2. The Morgan fingerprint density at radius 1 is 1.20 bits per heavy atom. The number of benzene rings is 1. The number of aromatic amines is 1. The predicted molar refractivity (Wildman–Crippen MR) is 76.8 cm³/mol. The number of hydrogen-bond donors (Lipinski definition) is 2. The maximum Gasteiger partial charge on any atom is 0.162 e. The van der Waals surface area contributed by atoms with Crippen LogP contribution in [0.25, 0.3) is 11.3 Å². The third-order valence-corrected chi connectivity index (χ3v) is 3.48. The molecule has 3 rings (SSSR count). The van der Waals surface area contributed by atoms with E-state index in [9.17, 15) is 0 Å². The van der Waals surface area contributed by atoms with E-state index in [1.165, 1.54) is 0 Å². The molecule has 0 radical (unpaired) electrons. The summed E-state index contributed by atoms with van der Waals surface area (Å²) in [6.45, 7) is 5.35. The van der Waals surface area contributed by atoms with Gasteiger partial charge in [0, 0.05) is 5.56 Å². The fraction of sp³-hybridized carbons (Fsp3) is 0.400. The van der Waals surface area contributed by atoms with Crippen LogP contribution in [0.2, 0.25) is 0 Å². The van der Waals surface area contributed by atoms with E-state index in [1.807, 2.05) is 24.4 Å². The standard InChI is InChI=1S/C15H19N3O2/c1-9(2)14(16)15-17-8-11(18-15)10-3-4-12-13(7-10)20-6-5-19-12/h3-4,7-9,14H,5-6,16H2,1-2H3,(H,17,18)/t14-/m1/s1. The molecule has 106 valence electrons. The van der Waals surface area contributed by atoms with Gasteiger partial charge < -0.3 is 20.2 Å². The van der Waals surface area contributed by atoms with Crippen molar-refractivity contribution in [3.63, 3.8) is 0 Å². The Morgan fingerprint density at radius 3 is 2.70 bits per heavy atom. The summed E-state index contributed by atoms with van der Waals surface area (Å²) in [5.41, 5.74) is 8.06. The van der Waals surface area contributed by atoms with Crippen molar-refractivity contribution < 1.29 is 9.47 Å². The van der Waals surface area contributed by atoms with Crippen molar-refractivity contribution in [1.29, 1.82) is 0 Å². The normalized spacial score (nSPS) is 15.4. The molecule has 0 spiro atoms. The number of rotatable bonds is 3. The van der Waals surface area contributed by atoms with Crippen molar-refractivity contribution in [3.8, 4) is 22.8 Å². The lowest BCUT2D eigenvalue weighted by Crippen LogP contribution is -2.18. The molecule has 0 aliphatic carbocycles. The Hall–Kier alpha value is -2.01. The van der Waals surface area contributed by atoms with Crippen molar-refractivity contribution in [1.82, 2.24) is 9.97 Å². The Labute approximate surface area is 118 Å². The lowest BCUT2D eigenvalue weighted by atomic mass is 10.1. The van der Waals surface area contributed by atoms with Crippen LogP contribution in [0, 0.1) is 5.92 Å². The second kappa shape index (κ2) is 5.17. The first-order valence-electron chi connectivity index (χ1n) is 6.85. The van der Waals surface area contributed by atoms with Gasteiger partial charge in [-0.2, -0.15) is 0 Å². The van der Waals surface area contributed by atoms with Crippen LogP contribution in [-0.4, -0.2) is 23.2 Å². The van der Waals surface area contributed by atoms with Crippen LogP contribution in [0.4, 0.5) is 0 Å². The van der Waals surface area contributed by atoms with E-state index in [2.05, 4.69) is 23.8 Å². The third kappa shape index (κ3) is 2.36. The highest BCUT2D eigenvalue weighted by Gasteiger charge is 2.16. The Kier molecular flexibility index (Phi) is 3.36. The van der Waals surface area contributed by atoms with Crippen LogP contribution in [-0.2, 0) is 0 Å². The number of nitrogens with two attached hydrogens (primary N) is 1. The molecule has 1 aliphatic heterocycles. The fourth-order valence-corrected chi connectivity index (χ4v) is 2.18. The first kappa shape index (κ1) is 13.0. The van der Waals surface area contributed by atoms with Gasteiger partial charge in [0.05, 0.1) is 17.9 Å². The molecule has 1 atom stereocenters. The molecule has 0 unspecified atom stereocenters. The molecular formula is C15H19N3O2. The zero-order valence-corrected chi connectivity index (χ0v) is 11.7. The first-order chi connectivity index (χ1) is 9.65. The summed E-state index contributed by atoms with van der Waals surface area (Å²) in [5, 5.41) is 0. The summed E-state index contributed by atoms with van der Waals surface area (Å²) in [6.07, 6.45) is 1.81. The van der Waals surface area contributed by atoms with E-state index >= 15 is 0 Å². The van der Waals surface area contributed by atoms with Gasteiger partial charge in [-0.1, -0.05) is 13.8 Å². The van der Waals surface area contributed by atoms with Crippen LogP contribution in [0.1, 0.15) is 25.7 Å². The maximum atomic E-state index is 6.10. The molecule has 1 aromatic heterocycles. The third-order valence-electron chi connectivity index (χ3n) is 3.48. The molecule has 20 heavy (non-hydrogen) atoms. The van der Waals surface area contributed by atoms with Gasteiger partial charge in [0.2, 0.25) is 0 Å². The first-order valence-corrected chi connectivity index (χ1v) is 6.85. The van der Waals surface area contributed by atoms with Gasteiger partial charge in [-0.25, -0.2) is 4.98 Å². The highest BCUT2D eigenvalue weighted by atomic mass is 16.6. The van der Waals surface area contributed by atoms with Crippen molar-refractivity contribution in [2.75, 3.05) is 13.2 Å². The van der Waals surface area contributed by atoms with Crippen molar-refractivity contribution in [3.05, 3.63) is 30.2 Å². The largest absolute Gasteiger partial charge is 0.486 e. The summed E-state index contributed by atoms with van der Waals surface area (Å²) < 4.78 is 11.1. The quantitative estimate of drug-likeness (QED) is 0.901. The van der Waals surface area contributed by atoms with Gasteiger partial charge >= 0.3 is 0 Å². The van der Waals surface area contributed by atoms with E-state index in [1.54, 1.807) is 0 Å². The van der Waals surface area contributed by atoms with Crippen LogP contribution in [0.15, 0.2) is 24.4 Å². The van der Waals surface area contributed by atoms with Crippen molar-refractivity contribution in [2.45, 2.75) is 19.9 Å². The molecular weight excluding hydrogens is 254 g/mol. The number of imidazole rings is 1. The average molecular weight is 273 g/mol. The van der Waals surface area contributed by atoms with Gasteiger partial charge in [-0.3, -0.25) is 0 Å².